The van der Waals surface area contributed by atoms with Crippen LogP contribution < -0.4 is 10.1 Å². The van der Waals surface area contributed by atoms with Gasteiger partial charge >= 0.3 is 6.18 Å². The van der Waals surface area contributed by atoms with Crippen molar-refractivity contribution >= 4 is 17.5 Å². The van der Waals surface area contributed by atoms with Crippen molar-refractivity contribution in [2.75, 3.05) is 25.0 Å². The maximum Gasteiger partial charge on any atom is 0.416 e. The molecule has 5 nitrogen and oxygen atoms in total. The molecule has 1 aliphatic rings. The molecule has 1 N–H and O–H groups in total. The van der Waals surface area contributed by atoms with Gasteiger partial charge in [-0.1, -0.05) is 6.07 Å². The number of likely N-dealkylation sites (tertiary alicyclic amines) is 1. The largest absolute Gasteiger partial charge is 0.484 e. The van der Waals surface area contributed by atoms with Gasteiger partial charge in [0, 0.05) is 24.3 Å². The van der Waals surface area contributed by atoms with Gasteiger partial charge in [-0.25, -0.2) is 0 Å². The summed E-state index contributed by atoms with van der Waals surface area (Å²) >= 11 is 0. The van der Waals surface area contributed by atoms with Crippen LogP contribution in [0.2, 0.25) is 0 Å². The number of alkyl halides is 3. The molecule has 1 aliphatic heterocycles. The minimum atomic E-state index is -4.48. The summed E-state index contributed by atoms with van der Waals surface area (Å²) in [5.41, 5.74) is -0.256. The Balaban J connectivity index is 1.52. The second-order valence-electron chi connectivity index (χ2n) is 6.79. The highest BCUT2D eigenvalue weighted by molar-refractivity contribution is 5.94. The van der Waals surface area contributed by atoms with Crippen molar-refractivity contribution in [3.63, 3.8) is 0 Å². The summed E-state index contributed by atoms with van der Waals surface area (Å²) in [7, 11) is 0. The van der Waals surface area contributed by atoms with Gasteiger partial charge in [-0.05, 0) is 61.7 Å². The van der Waals surface area contributed by atoms with Crippen molar-refractivity contribution in [1.29, 1.82) is 0 Å². The van der Waals surface area contributed by atoms with E-state index in [9.17, 15) is 22.8 Å². The highest BCUT2D eigenvalue weighted by atomic mass is 19.4. The molecule has 2 aromatic rings. The molecule has 154 valence electrons. The van der Waals surface area contributed by atoms with E-state index in [2.05, 4.69) is 5.32 Å². The average molecular weight is 406 g/mol. The predicted molar refractivity (Wildman–Crippen MR) is 102 cm³/mol. The molecule has 0 atom stereocenters. The Hall–Kier alpha value is -3.03. The quantitative estimate of drug-likeness (QED) is 0.803. The third kappa shape index (κ3) is 5.73. The van der Waals surface area contributed by atoms with E-state index in [4.69, 9.17) is 4.74 Å². The summed E-state index contributed by atoms with van der Waals surface area (Å²) in [6.07, 6.45) is -1.33. The number of hydrogen-bond donors (Lipinski definition) is 1. The van der Waals surface area contributed by atoms with E-state index in [1.54, 1.807) is 24.3 Å². The Kier molecular flexibility index (Phi) is 6.41. The van der Waals surface area contributed by atoms with E-state index in [1.807, 2.05) is 4.90 Å². The molecule has 29 heavy (non-hydrogen) atoms. The van der Waals surface area contributed by atoms with Crippen LogP contribution >= 0.6 is 0 Å². The number of carbonyl (C=O) groups excluding carboxylic acids is 2. The smallest absolute Gasteiger partial charge is 0.416 e. The molecule has 0 radical (unpaired) electrons. The molecule has 1 heterocycles. The number of carbonyl (C=O) groups is 2. The third-order valence-electron chi connectivity index (χ3n) is 4.59. The van der Waals surface area contributed by atoms with Crippen LogP contribution in [0.4, 0.5) is 18.9 Å². The number of halogens is 3. The molecule has 0 aliphatic carbocycles. The van der Waals surface area contributed by atoms with Gasteiger partial charge in [-0.3, -0.25) is 9.59 Å². The first kappa shape index (κ1) is 20.7. The maximum absolute atomic E-state index is 12.7. The van der Waals surface area contributed by atoms with Gasteiger partial charge in [0.05, 0.1) is 5.56 Å². The van der Waals surface area contributed by atoms with Crippen molar-refractivity contribution < 1.29 is 27.5 Å². The van der Waals surface area contributed by atoms with Gasteiger partial charge in [0.15, 0.2) is 6.61 Å². The number of ether oxygens (including phenoxy) is 1. The fraction of sp³-hybridized carbons (Fsp3) is 0.333. The summed E-state index contributed by atoms with van der Waals surface area (Å²) in [5, 5.41) is 2.37. The van der Waals surface area contributed by atoms with Gasteiger partial charge < -0.3 is 15.0 Å². The lowest BCUT2D eigenvalue weighted by atomic mass is 10.1. The molecular weight excluding hydrogens is 385 g/mol. The first-order valence-corrected chi connectivity index (χ1v) is 9.32. The zero-order chi connectivity index (χ0) is 20.9. The zero-order valence-electron chi connectivity index (χ0n) is 15.7. The second kappa shape index (κ2) is 8.98. The molecule has 1 saturated heterocycles. The van der Waals surface area contributed by atoms with E-state index in [0.717, 1.165) is 44.5 Å². The Morgan fingerprint density at radius 3 is 2.34 bits per heavy atom. The fourth-order valence-electron chi connectivity index (χ4n) is 3.09. The Bertz CT molecular complexity index is 860. The molecule has 2 amide bonds. The molecule has 1 fully saturated rings. The summed E-state index contributed by atoms with van der Waals surface area (Å²) in [4.78, 5) is 26.2. The number of amides is 2. The Morgan fingerprint density at radius 1 is 1.00 bits per heavy atom. The fourth-order valence-corrected chi connectivity index (χ4v) is 3.09. The lowest BCUT2D eigenvalue weighted by Gasteiger charge is -2.26. The molecule has 0 spiro atoms. The van der Waals surface area contributed by atoms with E-state index < -0.39 is 17.6 Å². The highest BCUT2D eigenvalue weighted by Crippen LogP contribution is 2.30. The third-order valence-corrected chi connectivity index (χ3v) is 4.59. The minimum Gasteiger partial charge on any atom is -0.484 e. The number of anilines is 1. The Morgan fingerprint density at radius 2 is 1.69 bits per heavy atom. The maximum atomic E-state index is 12.7. The van der Waals surface area contributed by atoms with Gasteiger partial charge in [-0.15, -0.1) is 0 Å². The monoisotopic (exact) mass is 406 g/mol. The van der Waals surface area contributed by atoms with Crippen LogP contribution in [0.15, 0.2) is 48.5 Å². The first-order valence-electron chi connectivity index (χ1n) is 9.32. The number of piperidine rings is 1. The zero-order valence-corrected chi connectivity index (χ0v) is 15.7. The number of rotatable bonds is 5. The second-order valence-corrected chi connectivity index (χ2v) is 6.79. The number of nitrogens with zero attached hydrogens (tertiary/aromatic N) is 1. The molecular formula is C21H21F3N2O3. The predicted octanol–water partition coefficient (Wildman–Crippen LogP) is 4.35. The van der Waals surface area contributed by atoms with Gasteiger partial charge in [-0.2, -0.15) is 13.2 Å². The van der Waals surface area contributed by atoms with Crippen LogP contribution in [-0.4, -0.2) is 36.4 Å². The van der Waals surface area contributed by atoms with E-state index in [0.29, 0.717) is 11.3 Å². The number of hydrogen-bond acceptors (Lipinski definition) is 3. The van der Waals surface area contributed by atoms with Crippen LogP contribution in [0.5, 0.6) is 5.75 Å². The van der Waals surface area contributed by atoms with E-state index in [-0.39, 0.29) is 18.2 Å². The normalized spacial score (nSPS) is 14.4. The average Bonchev–Trinajstić information content (AvgIpc) is 2.72. The van der Waals surface area contributed by atoms with Crippen LogP contribution in [0.3, 0.4) is 0 Å². The number of benzene rings is 2. The van der Waals surface area contributed by atoms with Crippen molar-refractivity contribution in [3.05, 3.63) is 59.7 Å². The van der Waals surface area contributed by atoms with Crippen LogP contribution in [-0.2, 0) is 11.0 Å². The number of nitrogens with one attached hydrogen (secondary N) is 1. The van der Waals surface area contributed by atoms with Crippen molar-refractivity contribution in [1.82, 2.24) is 4.90 Å². The van der Waals surface area contributed by atoms with Crippen LogP contribution in [0, 0.1) is 0 Å². The minimum absolute atomic E-state index is 0.0291. The topological polar surface area (TPSA) is 58.6 Å². The van der Waals surface area contributed by atoms with Crippen molar-refractivity contribution in [2.45, 2.75) is 25.4 Å². The van der Waals surface area contributed by atoms with Crippen LogP contribution in [0.25, 0.3) is 0 Å². The summed E-state index contributed by atoms with van der Waals surface area (Å²) in [6, 6.07) is 10.8. The van der Waals surface area contributed by atoms with Gasteiger partial charge in [0.2, 0.25) is 0 Å². The van der Waals surface area contributed by atoms with E-state index >= 15 is 0 Å². The van der Waals surface area contributed by atoms with E-state index in [1.165, 1.54) is 12.1 Å². The lowest BCUT2D eigenvalue weighted by Crippen LogP contribution is -2.35. The van der Waals surface area contributed by atoms with Crippen molar-refractivity contribution in [3.8, 4) is 5.75 Å². The Labute approximate surface area is 166 Å². The van der Waals surface area contributed by atoms with Crippen LogP contribution in [0.1, 0.15) is 35.2 Å². The lowest BCUT2D eigenvalue weighted by molar-refractivity contribution is -0.137. The standard InChI is InChI=1S/C21H21F3N2O3/c22-21(23,24)16-5-4-6-17(13-16)25-19(27)14-29-18-9-7-15(8-10-18)20(28)26-11-2-1-3-12-26/h4-10,13H,1-3,11-12,14H2,(H,25,27). The SMILES string of the molecule is O=C(COc1ccc(C(=O)N2CCCCC2)cc1)Nc1cccc(C(F)(F)F)c1. The molecule has 0 bridgehead atoms. The highest BCUT2D eigenvalue weighted by Gasteiger charge is 2.30. The summed E-state index contributed by atoms with van der Waals surface area (Å²) in [6.45, 7) is 1.15. The summed E-state index contributed by atoms with van der Waals surface area (Å²) in [5.74, 6) is -0.226. The molecule has 0 saturated carbocycles. The molecule has 0 unspecified atom stereocenters. The van der Waals surface area contributed by atoms with Gasteiger partial charge in [0.1, 0.15) is 5.75 Å². The van der Waals surface area contributed by atoms with Gasteiger partial charge in [0.25, 0.3) is 11.8 Å². The molecule has 0 aromatic heterocycles. The molecule has 2 aromatic carbocycles. The first-order chi connectivity index (χ1) is 13.8. The molecule has 8 heteroatoms. The summed E-state index contributed by atoms with van der Waals surface area (Å²) < 4.78 is 43.5. The van der Waals surface area contributed by atoms with Crippen molar-refractivity contribution in [2.24, 2.45) is 0 Å². The molecule has 3 rings (SSSR count).